The average Bonchev–Trinajstić information content (AvgIpc) is 3.52. The number of nitrogens with zero attached hydrogens (tertiary/aromatic N) is 2. The molecule has 0 N–H and O–H groups in total. The predicted octanol–water partition coefficient (Wildman–Crippen LogP) is 9.26. The summed E-state index contributed by atoms with van der Waals surface area (Å²) in [6.07, 6.45) is 0. The first-order valence-electron chi connectivity index (χ1n) is 17.1. The first-order chi connectivity index (χ1) is 22.4. The minimum Gasteiger partial charge on any atom is -0.310 e. The van der Waals surface area contributed by atoms with Gasteiger partial charge in [-0.1, -0.05) is 120 Å². The van der Waals surface area contributed by atoms with Crippen LogP contribution < -0.4 is 16.4 Å². The lowest BCUT2D eigenvalue weighted by atomic mass is 9.34. The molecule has 9 rings (SSSR count). The highest BCUT2D eigenvalue weighted by atomic mass is 15.0. The summed E-state index contributed by atoms with van der Waals surface area (Å²) >= 11 is 0. The van der Waals surface area contributed by atoms with Crippen LogP contribution in [0.15, 0.2) is 103 Å². The van der Waals surface area contributed by atoms with Crippen LogP contribution in [-0.4, -0.2) is 15.8 Å². The van der Waals surface area contributed by atoms with Crippen LogP contribution in [0, 0.1) is 13.8 Å². The van der Waals surface area contributed by atoms with E-state index in [4.69, 9.17) is 0 Å². The van der Waals surface area contributed by atoms with Crippen LogP contribution in [0.1, 0.15) is 63.8 Å². The summed E-state index contributed by atoms with van der Waals surface area (Å²) in [6, 6.07) is 39.1. The van der Waals surface area contributed by atoms with Crippen molar-refractivity contribution in [1.82, 2.24) is 9.13 Å². The van der Waals surface area contributed by atoms with Crippen LogP contribution in [0.5, 0.6) is 0 Å². The minimum atomic E-state index is 0.0144. The molecule has 3 heteroatoms. The molecule has 230 valence electrons. The van der Waals surface area contributed by atoms with Gasteiger partial charge < -0.3 is 9.13 Å². The normalized spacial score (nSPS) is 13.5. The lowest BCUT2D eigenvalue weighted by molar-refractivity contribution is 0.591. The third-order valence-electron chi connectivity index (χ3n) is 11.0. The van der Waals surface area contributed by atoms with E-state index >= 15 is 0 Å². The van der Waals surface area contributed by atoms with Gasteiger partial charge in [-0.15, -0.1) is 0 Å². The summed E-state index contributed by atoms with van der Waals surface area (Å²) in [6.45, 7) is 18.9. The van der Waals surface area contributed by atoms with Gasteiger partial charge in [-0.2, -0.15) is 0 Å². The van der Waals surface area contributed by atoms with Crippen molar-refractivity contribution in [2.75, 3.05) is 0 Å². The molecule has 0 saturated carbocycles. The number of fused-ring (bicyclic) bond motifs is 4. The maximum atomic E-state index is 2.60. The van der Waals surface area contributed by atoms with Gasteiger partial charge in [-0.05, 0) is 98.7 Å². The molecule has 0 fully saturated rings. The van der Waals surface area contributed by atoms with Gasteiger partial charge in [0.1, 0.15) is 0 Å². The molecule has 4 heterocycles. The van der Waals surface area contributed by atoms with Crippen molar-refractivity contribution in [3.8, 4) is 33.9 Å². The second-order valence-corrected chi connectivity index (χ2v) is 15.9. The molecular formula is C44H41BN2. The molecule has 2 aliphatic heterocycles. The van der Waals surface area contributed by atoms with Gasteiger partial charge in [0.05, 0.1) is 11.4 Å². The van der Waals surface area contributed by atoms with Crippen molar-refractivity contribution < 1.29 is 0 Å². The summed E-state index contributed by atoms with van der Waals surface area (Å²) in [7, 11) is 0. The van der Waals surface area contributed by atoms with E-state index in [1.807, 2.05) is 0 Å². The molecular weight excluding hydrogens is 567 g/mol. The number of hydrogen-bond donors (Lipinski definition) is 0. The molecule has 2 aliphatic rings. The molecule has 47 heavy (non-hydrogen) atoms. The largest absolute Gasteiger partial charge is 0.310 e. The van der Waals surface area contributed by atoms with Gasteiger partial charge in [0.2, 0.25) is 0 Å². The first-order valence-corrected chi connectivity index (χ1v) is 17.1. The summed E-state index contributed by atoms with van der Waals surface area (Å²) < 4.78 is 5.21. The SMILES string of the molecule is Cc1c(-c2ccccc2)n2c3c(cc(C(C)(C)C)cc13)B1c3c-2cccc3-n2c(-c3ccccc3)c(C)c3cc(C(C)(C)C)cc1c32. The van der Waals surface area contributed by atoms with Crippen molar-refractivity contribution in [2.24, 2.45) is 0 Å². The summed E-state index contributed by atoms with van der Waals surface area (Å²) in [5, 5.41) is 2.74. The fourth-order valence-electron chi connectivity index (χ4n) is 8.58. The Labute approximate surface area is 278 Å². The molecule has 0 spiro atoms. The fourth-order valence-corrected chi connectivity index (χ4v) is 8.58. The molecule has 5 aromatic carbocycles. The van der Waals surface area contributed by atoms with Crippen LogP contribution in [-0.2, 0) is 10.8 Å². The predicted molar refractivity (Wildman–Crippen MR) is 203 cm³/mol. The Morgan fingerprint density at radius 3 is 1.28 bits per heavy atom. The number of aryl methyl sites for hydroxylation is 2. The van der Waals surface area contributed by atoms with Crippen molar-refractivity contribution in [3.63, 3.8) is 0 Å². The third kappa shape index (κ3) is 3.80. The first kappa shape index (κ1) is 28.5. The highest BCUT2D eigenvalue weighted by Gasteiger charge is 2.43. The van der Waals surface area contributed by atoms with E-state index < -0.39 is 0 Å². The van der Waals surface area contributed by atoms with Crippen LogP contribution in [0.25, 0.3) is 55.7 Å². The van der Waals surface area contributed by atoms with Crippen LogP contribution in [0.4, 0.5) is 0 Å². The third-order valence-corrected chi connectivity index (χ3v) is 11.0. The van der Waals surface area contributed by atoms with Gasteiger partial charge in [0.25, 0.3) is 6.71 Å². The van der Waals surface area contributed by atoms with E-state index in [-0.39, 0.29) is 17.5 Å². The molecule has 0 amide bonds. The summed E-state index contributed by atoms with van der Waals surface area (Å²) in [5.74, 6) is 0. The van der Waals surface area contributed by atoms with Crippen molar-refractivity contribution in [2.45, 2.75) is 66.2 Å². The van der Waals surface area contributed by atoms with E-state index in [9.17, 15) is 0 Å². The molecule has 0 unspecified atom stereocenters. The van der Waals surface area contributed by atoms with E-state index in [1.54, 1.807) is 0 Å². The quantitative estimate of drug-likeness (QED) is 0.173. The number of aromatic nitrogens is 2. The van der Waals surface area contributed by atoms with E-state index in [2.05, 4.69) is 168 Å². The minimum absolute atomic E-state index is 0.0144. The second kappa shape index (κ2) is 9.41. The molecule has 0 radical (unpaired) electrons. The van der Waals surface area contributed by atoms with Gasteiger partial charge in [-0.3, -0.25) is 0 Å². The van der Waals surface area contributed by atoms with Crippen molar-refractivity contribution in [1.29, 1.82) is 0 Å². The van der Waals surface area contributed by atoms with E-state index in [1.165, 1.54) is 94.3 Å². The average molecular weight is 609 g/mol. The molecule has 0 saturated heterocycles. The smallest absolute Gasteiger partial charge is 0.252 e. The number of hydrogen-bond acceptors (Lipinski definition) is 0. The Morgan fingerprint density at radius 2 is 0.894 bits per heavy atom. The van der Waals surface area contributed by atoms with Gasteiger partial charge >= 0.3 is 0 Å². The zero-order chi connectivity index (χ0) is 32.6. The molecule has 2 aromatic heterocycles. The molecule has 7 aromatic rings. The number of benzene rings is 5. The zero-order valence-electron chi connectivity index (χ0n) is 28.8. The standard InChI is InChI=1S/C44H41BN2/c1-26-32-22-30(43(3,4)5)24-34-41(32)46(39(26)28-16-11-9-12-17-28)36-20-15-21-37-38(36)45(34)35-25-31(44(6,7)8)23-33-27(2)40(47(37)42(33)35)29-18-13-10-14-19-29/h9-25H,1-8H3. The Balaban J connectivity index is 1.52. The van der Waals surface area contributed by atoms with Crippen molar-refractivity contribution >= 4 is 44.9 Å². The van der Waals surface area contributed by atoms with Gasteiger partial charge in [0.15, 0.2) is 0 Å². The highest BCUT2D eigenvalue weighted by Crippen LogP contribution is 2.43. The Morgan fingerprint density at radius 1 is 0.489 bits per heavy atom. The summed E-state index contributed by atoms with van der Waals surface area (Å²) in [4.78, 5) is 0. The summed E-state index contributed by atoms with van der Waals surface area (Å²) in [5.41, 5.74) is 20.2. The molecule has 0 bridgehead atoms. The van der Waals surface area contributed by atoms with Gasteiger partial charge in [0, 0.05) is 33.2 Å². The molecule has 2 nitrogen and oxygen atoms in total. The van der Waals surface area contributed by atoms with Crippen LogP contribution >= 0.6 is 0 Å². The maximum Gasteiger partial charge on any atom is 0.252 e. The zero-order valence-corrected chi connectivity index (χ0v) is 28.8. The Kier molecular flexibility index (Phi) is 5.70. The van der Waals surface area contributed by atoms with E-state index in [0.717, 1.165) is 0 Å². The number of rotatable bonds is 2. The topological polar surface area (TPSA) is 9.86 Å². The Hall–Kier alpha value is -4.76. The highest BCUT2D eigenvalue weighted by molar-refractivity contribution is 7.00. The lowest BCUT2D eigenvalue weighted by Crippen LogP contribution is -2.59. The van der Waals surface area contributed by atoms with Crippen LogP contribution in [0.2, 0.25) is 0 Å². The van der Waals surface area contributed by atoms with Gasteiger partial charge in [-0.25, -0.2) is 0 Å². The van der Waals surface area contributed by atoms with Crippen molar-refractivity contribution in [3.05, 3.63) is 125 Å². The molecule has 0 atom stereocenters. The monoisotopic (exact) mass is 608 g/mol. The van der Waals surface area contributed by atoms with Crippen LogP contribution in [0.3, 0.4) is 0 Å². The van der Waals surface area contributed by atoms with E-state index in [0.29, 0.717) is 0 Å². The molecule has 0 aliphatic carbocycles. The lowest BCUT2D eigenvalue weighted by Gasteiger charge is -2.36. The Bertz CT molecular complexity index is 2260. The maximum absolute atomic E-state index is 2.60. The fraction of sp³-hybridized carbons (Fsp3) is 0.227. The second-order valence-electron chi connectivity index (χ2n) is 15.9.